The van der Waals surface area contributed by atoms with Crippen LogP contribution in [0.25, 0.3) is 11.0 Å². The average Bonchev–Trinajstić information content (AvgIpc) is 2.93. The number of hydrogen-bond acceptors (Lipinski definition) is 4. The van der Waals surface area contributed by atoms with Crippen molar-refractivity contribution in [2.24, 2.45) is 7.05 Å². The van der Waals surface area contributed by atoms with Crippen LogP contribution in [-0.4, -0.2) is 21.6 Å². The summed E-state index contributed by atoms with van der Waals surface area (Å²) in [6.07, 6.45) is 1.51. The molecule has 0 saturated heterocycles. The lowest BCUT2D eigenvalue weighted by molar-refractivity contribution is 0.0665. The normalized spacial score (nSPS) is 10.7. The fraction of sp³-hybridized carbons (Fsp3) is 0.0625. The number of fused-ring (bicyclic) bond motifs is 1. The molecule has 7 nitrogen and oxygen atoms in total. The number of aromatic carboxylic acids is 1. The number of carbonyl (C=O) groups excluding carboxylic acids is 1. The minimum Gasteiger partial charge on any atom is -0.475 e. The van der Waals surface area contributed by atoms with E-state index in [-0.39, 0.29) is 16.9 Å². The molecule has 0 unspecified atom stereocenters. The SMILES string of the molecule is Cn1ccc(C(=O)Nc2ccc3oc(C(=O)O)cc3c2)cc1=O. The Labute approximate surface area is 129 Å². The lowest BCUT2D eigenvalue weighted by Crippen LogP contribution is -2.19. The largest absolute Gasteiger partial charge is 0.475 e. The van der Waals surface area contributed by atoms with Gasteiger partial charge in [-0.2, -0.15) is 0 Å². The Bertz CT molecular complexity index is 984. The summed E-state index contributed by atoms with van der Waals surface area (Å²) in [6.45, 7) is 0. The van der Waals surface area contributed by atoms with Crippen molar-refractivity contribution in [1.82, 2.24) is 4.57 Å². The molecular formula is C16H12N2O5. The second kappa shape index (κ2) is 5.45. The first kappa shape index (κ1) is 14.6. The van der Waals surface area contributed by atoms with Gasteiger partial charge in [-0.1, -0.05) is 0 Å². The second-order valence-electron chi connectivity index (χ2n) is 4.99. The second-order valence-corrected chi connectivity index (χ2v) is 4.99. The zero-order chi connectivity index (χ0) is 16.6. The van der Waals surface area contributed by atoms with Crippen molar-refractivity contribution in [1.29, 1.82) is 0 Å². The molecule has 0 aliphatic heterocycles. The molecule has 2 aromatic heterocycles. The third kappa shape index (κ3) is 2.84. The fourth-order valence-electron chi connectivity index (χ4n) is 2.12. The molecule has 0 saturated carbocycles. The van der Waals surface area contributed by atoms with Crippen LogP contribution in [0, 0.1) is 0 Å². The first-order chi connectivity index (χ1) is 10.9. The van der Waals surface area contributed by atoms with Crippen molar-refractivity contribution < 1.29 is 19.1 Å². The maximum absolute atomic E-state index is 12.2. The topological polar surface area (TPSA) is 102 Å². The Morgan fingerprint density at radius 2 is 1.96 bits per heavy atom. The number of aromatic nitrogens is 1. The number of furan rings is 1. The third-order valence-corrected chi connectivity index (χ3v) is 3.35. The van der Waals surface area contributed by atoms with Crippen LogP contribution in [0.1, 0.15) is 20.9 Å². The number of pyridine rings is 1. The van der Waals surface area contributed by atoms with Crippen molar-refractivity contribution in [3.63, 3.8) is 0 Å². The molecule has 2 N–H and O–H groups in total. The number of nitrogens with one attached hydrogen (secondary N) is 1. The minimum atomic E-state index is -1.16. The number of aryl methyl sites for hydroxylation is 1. The molecule has 3 aromatic rings. The molecule has 0 spiro atoms. The van der Waals surface area contributed by atoms with Crippen LogP contribution in [0.4, 0.5) is 5.69 Å². The highest BCUT2D eigenvalue weighted by molar-refractivity contribution is 6.05. The summed E-state index contributed by atoms with van der Waals surface area (Å²) in [5, 5.41) is 12.1. The summed E-state index contributed by atoms with van der Waals surface area (Å²) in [5.41, 5.74) is 0.843. The Morgan fingerprint density at radius 1 is 1.17 bits per heavy atom. The van der Waals surface area contributed by atoms with Crippen molar-refractivity contribution >= 4 is 28.5 Å². The monoisotopic (exact) mass is 312 g/mol. The molecule has 0 radical (unpaired) electrons. The highest BCUT2D eigenvalue weighted by Gasteiger charge is 2.12. The van der Waals surface area contributed by atoms with E-state index >= 15 is 0 Å². The summed E-state index contributed by atoms with van der Waals surface area (Å²) in [5.74, 6) is -1.76. The van der Waals surface area contributed by atoms with Gasteiger partial charge < -0.3 is 19.4 Å². The molecule has 116 valence electrons. The van der Waals surface area contributed by atoms with Crippen LogP contribution in [0.3, 0.4) is 0 Å². The molecule has 0 bridgehead atoms. The van der Waals surface area contributed by atoms with Crippen LogP contribution in [0.15, 0.2) is 51.8 Å². The summed E-state index contributed by atoms with van der Waals surface area (Å²) in [4.78, 5) is 34.6. The van der Waals surface area contributed by atoms with E-state index in [0.717, 1.165) is 0 Å². The molecule has 1 amide bonds. The van der Waals surface area contributed by atoms with Crippen LogP contribution in [0.2, 0.25) is 0 Å². The van der Waals surface area contributed by atoms with Gasteiger partial charge in [-0.3, -0.25) is 9.59 Å². The standard InChI is InChI=1S/C16H12N2O5/c1-18-5-4-9(8-14(18)19)15(20)17-11-2-3-12-10(6-11)7-13(23-12)16(21)22/h2-8H,1H3,(H,17,20)(H,21,22). The smallest absolute Gasteiger partial charge is 0.371 e. The number of carboxylic acid groups (broad SMARTS) is 1. The number of rotatable bonds is 3. The summed E-state index contributed by atoms with van der Waals surface area (Å²) in [7, 11) is 1.59. The van der Waals surface area contributed by atoms with Crippen LogP contribution >= 0.6 is 0 Å². The lowest BCUT2D eigenvalue weighted by atomic mass is 10.2. The molecule has 3 rings (SSSR count). The number of benzene rings is 1. The van der Waals surface area contributed by atoms with E-state index < -0.39 is 11.9 Å². The van der Waals surface area contributed by atoms with E-state index in [1.165, 1.54) is 29.0 Å². The highest BCUT2D eigenvalue weighted by Crippen LogP contribution is 2.23. The molecule has 0 aliphatic carbocycles. The van der Waals surface area contributed by atoms with Crippen molar-refractivity contribution in [2.75, 3.05) is 5.32 Å². The van der Waals surface area contributed by atoms with Gasteiger partial charge in [0.1, 0.15) is 5.58 Å². The van der Waals surface area contributed by atoms with Gasteiger partial charge in [0.05, 0.1) is 0 Å². The van der Waals surface area contributed by atoms with E-state index in [1.54, 1.807) is 25.2 Å². The van der Waals surface area contributed by atoms with E-state index in [1.807, 2.05) is 0 Å². The molecule has 2 heterocycles. The summed E-state index contributed by atoms with van der Waals surface area (Å²) in [6, 6.07) is 8.93. The predicted molar refractivity (Wildman–Crippen MR) is 82.8 cm³/mol. The van der Waals surface area contributed by atoms with Crippen LogP contribution in [-0.2, 0) is 7.05 Å². The number of anilines is 1. The van der Waals surface area contributed by atoms with Gasteiger partial charge in [0, 0.05) is 35.9 Å². The first-order valence-corrected chi connectivity index (χ1v) is 6.69. The van der Waals surface area contributed by atoms with E-state index in [2.05, 4.69) is 5.32 Å². The van der Waals surface area contributed by atoms with E-state index in [9.17, 15) is 14.4 Å². The van der Waals surface area contributed by atoms with Gasteiger partial charge in [-0.25, -0.2) is 4.79 Å². The number of hydrogen-bond donors (Lipinski definition) is 2. The number of carbonyl (C=O) groups is 2. The van der Waals surface area contributed by atoms with E-state index in [0.29, 0.717) is 16.7 Å². The molecule has 7 heteroatoms. The Hall–Kier alpha value is -3.35. The predicted octanol–water partition coefficient (Wildman–Crippen LogP) is 2.08. The minimum absolute atomic E-state index is 0.171. The Kier molecular flexibility index (Phi) is 3.46. The van der Waals surface area contributed by atoms with Gasteiger partial charge >= 0.3 is 5.97 Å². The molecule has 23 heavy (non-hydrogen) atoms. The molecule has 1 aromatic carbocycles. The van der Waals surface area contributed by atoms with Crippen LogP contribution < -0.4 is 10.9 Å². The zero-order valence-corrected chi connectivity index (χ0v) is 12.1. The van der Waals surface area contributed by atoms with Gasteiger partial charge in [0.25, 0.3) is 11.5 Å². The fourth-order valence-corrected chi connectivity index (χ4v) is 2.12. The van der Waals surface area contributed by atoms with Crippen molar-refractivity contribution in [3.8, 4) is 0 Å². The number of carboxylic acids is 1. The third-order valence-electron chi connectivity index (χ3n) is 3.35. The van der Waals surface area contributed by atoms with Gasteiger partial charge in [-0.05, 0) is 30.3 Å². The maximum atomic E-state index is 12.2. The molecule has 0 aliphatic rings. The van der Waals surface area contributed by atoms with Gasteiger partial charge in [0.2, 0.25) is 5.76 Å². The summed E-state index contributed by atoms with van der Waals surface area (Å²) >= 11 is 0. The average molecular weight is 312 g/mol. The lowest BCUT2D eigenvalue weighted by Gasteiger charge is -2.05. The van der Waals surface area contributed by atoms with Crippen molar-refractivity contribution in [3.05, 3.63) is 64.3 Å². The Balaban J connectivity index is 1.88. The molecular weight excluding hydrogens is 300 g/mol. The van der Waals surface area contributed by atoms with Gasteiger partial charge in [0.15, 0.2) is 0 Å². The highest BCUT2D eigenvalue weighted by atomic mass is 16.4. The quantitative estimate of drug-likeness (QED) is 0.771. The molecule has 0 atom stereocenters. The summed E-state index contributed by atoms with van der Waals surface area (Å²) < 4.78 is 6.51. The maximum Gasteiger partial charge on any atom is 0.371 e. The van der Waals surface area contributed by atoms with Crippen LogP contribution in [0.5, 0.6) is 0 Å². The molecule has 0 fully saturated rings. The number of amides is 1. The van der Waals surface area contributed by atoms with E-state index in [4.69, 9.17) is 9.52 Å². The zero-order valence-electron chi connectivity index (χ0n) is 12.1. The first-order valence-electron chi connectivity index (χ1n) is 6.69. The van der Waals surface area contributed by atoms with Crippen molar-refractivity contribution in [2.45, 2.75) is 0 Å². The number of nitrogens with zero attached hydrogens (tertiary/aromatic N) is 1. The Morgan fingerprint density at radius 3 is 2.65 bits per heavy atom. The van der Waals surface area contributed by atoms with Gasteiger partial charge in [-0.15, -0.1) is 0 Å².